The van der Waals surface area contributed by atoms with Crippen molar-refractivity contribution in [3.63, 3.8) is 0 Å². The first-order chi connectivity index (χ1) is 9.52. The number of methoxy groups -OCH3 is 2. The van der Waals surface area contributed by atoms with Gasteiger partial charge in [-0.3, -0.25) is 4.79 Å². The Hall–Kier alpha value is -1.71. The van der Waals surface area contributed by atoms with Gasteiger partial charge in [0.25, 0.3) is 0 Å². The zero-order chi connectivity index (χ0) is 14.8. The zero-order valence-electron chi connectivity index (χ0n) is 12.7. The molecule has 2 rings (SSSR count). The first kappa shape index (κ1) is 14.7. The van der Waals surface area contributed by atoms with E-state index in [4.69, 9.17) is 9.47 Å². The Balaban J connectivity index is 2.23. The monoisotopic (exact) mass is 277 g/mol. The lowest BCUT2D eigenvalue weighted by Gasteiger charge is -2.29. The summed E-state index contributed by atoms with van der Waals surface area (Å²) in [6, 6.07) is 6.20. The Bertz CT molecular complexity index is 500. The van der Waals surface area contributed by atoms with E-state index in [9.17, 15) is 4.79 Å². The number of carbonyl (C=O) groups is 1. The molecule has 1 amide bonds. The SMILES string of the molecule is CCC1NC(=O)CC1(C)Cc1ccc(OC)c(OC)c1. The molecule has 2 unspecified atom stereocenters. The van der Waals surface area contributed by atoms with E-state index in [1.807, 2.05) is 18.2 Å². The van der Waals surface area contributed by atoms with Crippen molar-refractivity contribution in [3.8, 4) is 11.5 Å². The average molecular weight is 277 g/mol. The van der Waals surface area contributed by atoms with E-state index < -0.39 is 0 Å². The fourth-order valence-corrected chi connectivity index (χ4v) is 3.15. The molecule has 4 nitrogen and oxygen atoms in total. The molecular formula is C16H23NO3. The van der Waals surface area contributed by atoms with Crippen LogP contribution in [0.25, 0.3) is 0 Å². The molecule has 0 radical (unpaired) electrons. The zero-order valence-corrected chi connectivity index (χ0v) is 12.7. The quantitative estimate of drug-likeness (QED) is 0.899. The van der Waals surface area contributed by atoms with Gasteiger partial charge in [-0.25, -0.2) is 0 Å². The minimum absolute atomic E-state index is 0.0363. The van der Waals surface area contributed by atoms with Crippen LogP contribution in [0.1, 0.15) is 32.3 Å². The van der Waals surface area contributed by atoms with Crippen molar-refractivity contribution in [1.29, 1.82) is 0 Å². The van der Waals surface area contributed by atoms with Gasteiger partial charge in [-0.05, 0) is 30.5 Å². The fraction of sp³-hybridized carbons (Fsp3) is 0.562. The average Bonchev–Trinajstić information content (AvgIpc) is 2.72. The lowest BCUT2D eigenvalue weighted by Crippen LogP contribution is -2.36. The Morgan fingerprint density at radius 1 is 1.30 bits per heavy atom. The van der Waals surface area contributed by atoms with Crippen LogP contribution in [0, 0.1) is 5.41 Å². The van der Waals surface area contributed by atoms with Crippen molar-refractivity contribution in [2.75, 3.05) is 14.2 Å². The Morgan fingerprint density at radius 3 is 2.60 bits per heavy atom. The summed E-state index contributed by atoms with van der Waals surface area (Å²) < 4.78 is 10.6. The molecule has 20 heavy (non-hydrogen) atoms. The summed E-state index contributed by atoms with van der Waals surface area (Å²) in [6.45, 7) is 4.29. The number of carbonyl (C=O) groups excluding carboxylic acids is 1. The molecule has 1 fully saturated rings. The van der Waals surface area contributed by atoms with E-state index in [2.05, 4.69) is 19.2 Å². The van der Waals surface area contributed by atoms with Crippen LogP contribution in [0.15, 0.2) is 18.2 Å². The molecule has 110 valence electrons. The number of benzene rings is 1. The van der Waals surface area contributed by atoms with Gasteiger partial charge in [0.05, 0.1) is 14.2 Å². The second-order valence-electron chi connectivity index (χ2n) is 5.73. The van der Waals surface area contributed by atoms with Crippen LogP contribution >= 0.6 is 0 Å². The molecular weight excluding hydrogens is 254 g/mol. The summed E-state index contributed by atoms with van der Waals surface area (Å²) in [5.41, 5.74) is 1.13. The van der Waals surface area contributed by atoms with Gasteiger partial charge < -0.3 is 14.8 Å². The molecule has 0 spiro atoms. The predicted octanol–water partition coefficient (Wildman–Crippen LogP) is 2.55. The maximum atomic E-state index is 11.7. The van der Waals surface area contributed by atoms with Crippen molar-refractivity contribution >= 4 is 5.91 Å². The van der Waals surface area contributed by atoms with Gasteiger partial charge in [0.15, 0.2) is 11.5 Å². The number of ether oxygens (including phenoxy) is 2. The molecule has 0 bridgehead atoms. The van der Waals surface area contributed by atoms with Crippen LogP contribution in [-0.2, 0) is 11.2 Å². The highest BCUT2D eigenvalue weighted by molar-refractivity contribution is 5.80. The number of nitrogens with one attached hydrogen (secondary N) is 1. The Kier molecular flexibility index (Phi) is 4.21. The minimum Gasteiger partial charge on any atom is -0.493 e. The van der Waals surface area contributed by atoms with E-state index in [1.165, 1.54) is 5.56 Å². The van der Waals surface area contributed by atoms with Gasteiger partial charge in [-0.1, -0.05) is 19.9 Å². The second-order valence-corrected chi connectivity index (χ2v) is 5.73. The Morgan fingerprint density at radius 2 is 2.00 bits per heavy atom. The molecule has 1 aliphatic heterocycles. The maximum Gasteiger partial charge on any atom is 0.220 e. The highest BCUT2D eigenvalue weighted by Gasteiger charge is 2.41. The van der Waals surface area contributed by atoms with Crippen molar-refractivity contribution in [1.82, 2.24) is 5.32 Å². The second kappa shape index (κ2) is 5.73. The molecule has 2 atom stereocenters. The van der Waals surface area contributed by atoms with E-state index in [1.54, 1.807) is 14.2 Å². The van der Waals surface area contributed by atoms with Gasteiger partial charge in [0.2, 0.25) is 5.91 Å². The normalized spacial score (nSPS) is 25.4. The standard InChI is InChI=1S/C16H23NO3/c1-5-14-16(2,10-15(18)17-14)9-11-6-7-12(19-3)13(8-11)20-4/h6-8,14H,5,9-10H2,1-4H3,(H,17,18). The number of rotatable bonds is 5. The van der Waals surface area contributed by atoms with E-state index in [-0.39, 0.29) is 17.4 Å². The van der Waals surface area contributed by atoms with Crippen LogP contribution in [0.3, 0.4) is 0 Å². The van der Waals surface area contributed by atoms with Gasteiger partial charge in [-0.15, -0.1) is 0 Å². The maximum absolute atomic E-state index is 11.7. The molecule has 4 heteroatoms. The predicted molar refractivity (Wildman–Crippen MR) is 78.2 cm³/mol. The summed E-state index contributed by atoms with van der Waals surface area (Å²) in [5.74, 6) is 1.62. The van der Waals surface area contributed by atoms with Crippen molar-refractivity contribution in [2.45, 2.75) is 39.2 Å². The molecule has 1 aliphatic rings. The lowest BCUT2D eigenvalue weighted by atomic mass is 9.76. The summed E-state index contributed by atoms with van der Waals surface area (Å²) in [4.78, 5) is 11.7. The largest absolute Gasteiger partial charge is 0.493 e. The summed E-state index contributed by atoms with van der Waals surface area (Å²) in [7, 11) is 3.27. The smallest absolute Gasteiger partial charge is 0.220 e. The molecule has 0 aromatic heterocycles. The van der Waals surface area contributed by atoms with E-state index >= 15 is 0 Å². The molecule has 0 aliphatic carbocycles. The molecule has 1 N–H and O–H groups in total. The number of hydrogen-bond donors (Lipinski definition) is 1. The topological polar surface area (TPSA) is 47.6 Å². The highest BCUT2D eigenvalue weighted by Crippen LogP contribution is 2.38. The molecule has 1 saturated heterocycles. The lowest BCUT2D eigenvalue weighted by molar-refractivity contribution is -0.119. The number of hydrogen-bond acceptors (Lipinski definition) is 3. The Labute approximate surface area is 120 Å². The van der Waals surface area contributed by atoms with E-state index in [0.717, 1.165) is 24.3 Å². The van der Waals surface area contributed by atoms with Crippen molar-refractivity contribution in [3.05, 3.63) is 23.8 Å². The summed E-state index contributed by atoms with van der Waals surface area (Å²) in [6.07, 6.45) is 2.39. The van der Waals surface area contributed by atoms with E-state index in [0.29, 0.717) is 6.42 Å². The first-order valence-electron chi connectivity index (χ1n) is 7.02. The van der Waals surface area contributed by atoms with Gasteiger partial charge in [-0.2, -0.15) is 0 Å². The third kappa shape index (κ3) is 2.74. The third-order valence-electron chi connectivity index (χ3n) is 4.21. The van der Waals surface area contributed by atoms with Crippen LogP contribution in [0.4, 0.5) is 0 Å². The molecule has 1 heterocycles. The van der Waals surface area contributed by atoms with Crippen LogP contribution in [-0.4, -0.2) is 26.2 Å². The van der Waals surface area contributed by atoms with Crippen LogP contribution < -0.4 is 14.8 Å². The van der Waals surface area contributed by atoms with Gasteiger partial charge in [0.1, 0.15) is 0 Å². The number of amides is 1. The van der Waals surface area contributed by atoms with Crippen LogP contribution in [0.5, 0.6) is 11.5 Å². The molecule has 0 saturated carbocycles. The molecule has 1 aromatic rings. The first-order valence-corrected chi connectivity index (χ1v) is 7.02. The van der Waals surface area contributed by atoms with Crippen LogP contribution in [0.2, 0.25) is 0 Å². The highest BCUT2D eigenvalue weighted by atomic mass is 16.5. The fourth-order valence-electron chi connectivity index (χ4n) is 3.15. The summed E-state index contributed by atoms with van der Waals surface area (Å²) in [5, 5.41) is 3.07. The van der Waals surface area contributed by atoms with Gasteiger partial charge >= 0.3 is 0 Å². The molecule has 1 aromatic carbocycles. The summed E-state index contributed by atoms with van der Waals surface area (Å²) >= 11 is 0. The van der Waals surface area contributed by atoms with Gasteiger partial charge in [0, 0.05) is 17.9 Å². The third-order valence-corrected chi connectivity index (χ3v) is 4.21. The van der Waals surface area contributed by atoms with Crippen molar-refractivity contribution < 1.29 is 14.3 Å². The minimum atomic E-state index is -0.0363. The van der Waals surface area contributed by atoms with Crippen molar-refractivity contribution in [2.24, 2.45) is 5.41 Å².